The Morgan fingerprint density at radius 1 is 1.36 bits per heavy atom. The first-order valence-electron chi connectivity index (χ1n) is 4.09. The van der Waals surface area contributed by atoms with Crippen LogP contribution in [0.2, 0.25) is 0 Å². The summed E-state index contributed by atoms with van der Waals surface area (Å²) in [6, 6.07) is 0. The van der Waals surface area contributed by atoms with E-state index in [1.165, 1.54) is 5.57 Å². The van der Waals surface area contributed by atoms with E-state index < -0.39 is 0 Å². The molecule has 0 spiro atoms. The third kappa shape index (κ3) is 3.06. The number of hydrogen-bond donors (Lipinski definition) is 0. The van der Waals surface area contributed by atoms with Crippen molar-refractivity contribution >= 4 is 0 Å². The van der Waals surface area contributed by atoms with Crippen molar-refractivity contribution < 1.29 is 4.74 Å². The second kappa shape index (κ2) is 3.91. The minimum Gasteiger partial charge on any atom is -0.377 e. The van der Waals surface area contributed by atoms with E-state index in [0.29, 0.717) is 0 Å². The lowest BCUT2D eigenvalue weighted by Gasteiger charge is -2.30. The lowest BCUT2D eigenvalue weighted by atomic mass is 9.85. The van der Waals surface area contributed by atoms with E-state index in [0.717, 1.165) is 0 Å². The van der Waals surface area contributed by atoms with Crippen molar-refractivity contribution in [1.82, 2.24) is 0 Å². The number of hydrogen-bond acceptors (Lipinski definition) is 1. The molecule has 0 aromatic heterocycles. The zero-order valence-corrected chi connectivity index (χ0v) is 8.56. The van der Waals surface area contributed by atoms with Crippen LogP contribution in [0.5, 0.6) is 0 Å². The van der Waals surface area contributed by atoms with Crippen molar-refractivity contribution in [2.24, 2.45) is 5.41 Å². The monoisotopic (exact) mass is 156 g/mol. The smallest absolute Gasteiger partial charge is 0.0826 e. The molecule has 0 heterocycles. The largest absolute Gasteiger partial charge is 0.377 e. The fourth-order valence-electron chi connectivity index (χ4n) is 1.37. The Morgan fingerprint density at radius 3 is 1.91 bits per heavy atom. The Labute approximate surface area is 70.4 Å². The summed E-state index contributed by atoms with van der Waals surface area (Å²) in [7, 11) is 1.77. The molecule has 0 rings (SSSR count). The van der Waals surface area contributed by atoms with Gasteiger partial charge in [0.2, 0.25) is 0 Å². The zero-order chi connectivity index (χ0) is 9.07. The van der Waals surface area contributed by atoms with Gasteiger partial charge in [-0.05, 0) is 24.8 Å². The quantitative estimate of drug-likeness (QED) is 0.558. The van der Waals surface area contributed by atoms with Crippen molar-refractivity contribution in [1.29, 1.82) is 0 Å². The van der Waals surface area contributed by atoms with Gasteiger partial charge >= 0.3 is 0 Å². The average Bonchev–Trinajstić information content (AvgIpc) is 1.86. The molecule has 0 aliphatic heterocycles. The first kappa shape index (κ1) is 10.7. The summed E-state index contributed by atoms with van der Waals surface area (Å²) in [6.45, 7) is 10.7. The number of methoxy groups -OCH3 is 1. The molecule has 0 aromatic rings. The van der Waals surface area contributed by atoms with Crippen LogP contribution in [0.4, 0.5) is 0 Å². The molecule has 0 aliphatic rings. The van der Waals surface area contributed by atoms with Crippen LogP contribution >= 0.6 is 0 Å². The molecule has 66 valence electrons. The fraction of sp³-hybridized carbons (Fsp3) is 0.800. The molecule has 0 saturated heterocycles. The van der Waals surface area contributed by atoms with Crippen LogP contribution in [-0.2, 0) is 4.74 Å². The zero-order valence-electron chi connectivity index (χ0n) is 8.56. The van der Waals surface area contributed by atoms with Crippen LogP contribution in [-0.4, -0.2) is 13.2 Å². The van der Waals surface area contributed by atoms with Gasteiger partial charge < -0.3 is 4.74 Å². The predicted octanol–water partition coefficient (Wildman–Crippen LogP) is 3.01. The summed E-state index contributed by atoms with van der Waals surface area (Å²) in [5.74, 6) is 0. The van der Waals surface area contributed by atoms with Crippen molar-refractivity contribution in [2.75, 3.05) is 7.11 Å². The van der Waals surface area contributed by atoms with Gasteiger partial charge in [-0.3, -0.25) is 0 Å². The molecular weight excluding hydrogens is 136 g/mol. The van der Waals surface area contributed by atoms with Gasteiger partial charge in [-0.25, -0.2) is 0 Å². The Hall–Kier alpha value is -0.300. The fourth-order valence-corrected chi connectivity index (χ4v) is 1.37. The molecule has 0 radical (unpaired) electrons. The molecule has 1 heteroatoms. The maximum absolute atomic E-state index is 5.40. The summed E-state index contributed by atoms with van der Waals surface area (Å²) >= 11 is 0. The van der Waals surface area contributed by atoms with Crippen LogP contribution in [0.3, 0.4) is 0 Å². The van der Waals surface area contributed by atoms with Gasteiger partial charge in [0.05, 0.1) is 6.10 Å². The lowest BCUT2D eigenvalue weighted by Crippen LogP contribution is -2.29. The summed E-state index contributed by atoms with van der Waals surface area (Å²) in [5.41, 5.74) is 1.51. The molecule has 0 aromatic carbocycles. The van der Waals surface area contributed by atoms with Crippen LogP contribution in [0.15, 0.2) is 11.6 Å². The second-order valence-corrected chi connectivity index (χ2v) is 4.01. The van der Waals surface area contributed by atoms with E-state index in [1.807, 2.05) is 6.92 Å². The second-order valence-electron chi connectivity index (χ2n) is 4.01. The molecule has 0 N–H and O–H groups in total. The van der Waals surface area contributed by atoms with Crippen molar-refractivity contribution in [2.45, 2.75) is 40.7 Å². The summed E-state index contributed by atoms with van der Waals surface area (Å²) in [4.78, 5) is 0. The first-order chi connectivity index (χ1) is 4.93. The van der Waals surface area contributed by atoms with E-state index >= 15 is 0 Å². The van der Waals surface area contributed by atoms with Gasteiger partial charge in [0.1, 0.15) is 0 Å². The molecule has 1 atom stereocenters. The Kier molecular flexibility index (Phi) is 3.81. The highest BCUT2D eigenvalue weighted by atomic mass is 16.5. The molecule has 11 heavy (non-hydrogen) atoms. The van der Waals surface area contributed by atoms with Crippen LogP contribution in [0.25, 0.3) is 0 Å². The third-order valence-corrected chi connectivity index (χ3v) is 1.89. The summed E-state index contributed by atoms with van der Waals surface area (Å²) < 4.78 is 5.40. The van der Waals surface area contributed by atoms with E-state index in [4.69, 9.17) is 4.74 Å². The Bertz CT molecular complexity index is 139. The standard InChI is InChI=1S/C10H20O/c1-7-8(2)9(11-6)10(3,4)5/h7,9H,1-6H3/b8-7+. The summed E-state index contributed by atoms with van der Waals surface area (Å²) in [6.07, 6.45) is 2.35. The molecule has 0 bridgehead atoms. The lowest BCUT2D eigenvalue weighted by molar-refractivity contribution is 0.0445. The van der Waals surface area contributed by atoms with E-state index in [2.05, 4.69) is 33.8 Å². The number of ether oxygens (including phenoxy) is 1. The molecular formula is C10H20O. The van der Waals surface area contributed by atoms with Gasteiger partial charge in [0.15, 0.2) is 0 Å². The molecule has 0 aliphatic carbocycles. The number of allylic oxidation sites excluding steroid dienone is 1. The van der Waals surface area contributed by atoms with Crippen molar-refractivity contribution in [3.05, 3.63) is 11.6 Å². The molecule has 1 unspecified atom stereocenters. The molecule has 0 amide bonds. The topological polar surface area (TPSA) is 9.23 Å². The first-order valence-corrected chi connectivity index (χ1v) is 4.09. The van der Waals surface area contributed by atoms with Crippen molar-refractivity contribution in [3.63, 3.8) is 0 Å². The highest BCUT2D eigenvalue weighted by Crippen LogP contribution is 2.26. The van der Waals surface area contributed by atoms with Gasteiger partial charge in [-0.2, -0.15) is 0 Å². The molecule has 0 fully saturated rings. The molecule has 0 saturated carbocycles. The Balaban J connectivity index is 4.42. The van der Waals surface area contributed by atoms with Crippen LogP contribution in [0.1, 0.15) is 34.6 Å². The number of rotatable bonds is 2. The minimum absolute atomic E-state index is 0.200. The minimum atomic E-state index is 0.200. The van der Waals surface area contributed by atoms with Crippen molar-refractivity contribution in [3.8, 4) is 0 Å². The normalized spacial score (nSPS) is 16.7. The maximum atomic E-state index is 5.40. The third-order valence-electron chi connectivity index (χ3n) is 1.89. The summed E-state index contributed by atoms with van der Waals surface area (Å²) in [5, 5.41) is 0. The van der Waals surface area contributed by atoms with Gasteiger partial charge in [0, 0.05) is 7.11 Å². The maximum Gasteiger partial charge on any atom is 0.0826 e. The van der Waals surface area contributed by atoms with Gasteiger partial charge in [0.25, 0.3) is 0 Å². The highest BCUT2D eigenvalue weighted by Gasteiger charge is 2.24. The van der Waals surface area contributed by atoms with Crippen LogP contribution in [0, 0.1) is 5.41 Å². The Morgan fingerprint density at radius 2 is 1.82 bits per heavy atom. The molecule has 1 nitrogen and oxygen atoms in total. The average molecular weight is 156 g/mol. The van der Waals surface area contributed by atoms with Crippen LogP contribution < -0.4 is 0 Å². The van der Waals surface area contributed by atoms with Gasteiger partial charge in [-0.15, -0.1) is 0 Å². The van der Waals surface area contributed by atoms with Gasteiger partial charge in [-0.1, -0.05) is 26.8 Å². The predicted molar refractivity (Wildman–Crippen MR) is 49.7 cm³/mol. The highest BCUT2D eigenvalue weighted by molar-refractivity contribution is 5.07. The van der Waals surface area contributed by atoms with E-state index in [-0.39, 0.29) is 11.5 Å². The SMILES string of the molecule is C/C=C(\C)C(OC)C(C)(C)C. The van der Waals surface area contributed by atoms with E-state index in [9.17, 15) is 0 Å². The van der Waals surface area contributed by atoms with E-state index in [1.54, 1.807) is 7.11 Å².